The molecule has 1 aliphatic rings. The predicted octanol–water partition coefficient (Wildman–Crippen LogP) is -0.572. The molecule has 1 atom stereocenters. The Morgan fingerprint density at radius 2 is 1.90 bits per heavy atom. The second-order valence-corrected chi connectivity index (χ2v) is 4.60. The molecule has 1 rings (SSSR count). The molecule has 0 aromatic heterocycles. The minimum absolute atomic E-state index is 0.0445. The third-order valence-electron chi connectivity index (χ3n) is 3.20. The van der Waals surface area contributed by atoms with E-state index in [1.54, 1.807) is 4.90 Å². The van der Waals surface area contributed by atoms with Crippen molar-refractivity contribution in [1.29, 1.82) is 10.5 Å². The predicted molar refractivity (Wildman–Crippen MR) is 70.9 cm³/mol. The van der Waals surface area contributed by atoms with Gasteiger partial charge in [-0.05, 0) is 0 Å². The number of ether oxygens (including phenoxy) is 1. The number of hydrogen-bond donors (Lipinski definition) is 1. The van der Waals surface area contributed by atoms with Gasteiger partial charge in [-0.2, -0.15) is 10.5 Å². The van der Waals surface area contributed by atoms with Crippen LogP contribution in [0.15, 0.2) is 0 Å². The summed E-state index contributed by atoms with van der Waals surface area (Å²) >= 11 is 0. The Kier molecular flexibility index (Phi) is 7.16. The van der Waals surface area contributed by atoms with E-state index >= 15 is 0 Å². The van der Waals surface area contributed by atoms with Crippen molar-refractivity contribution in [3.63, 3.8) is 0 Å². The fourth-order valence-corrected chi connectivity index (χ4v) is 2.06. The molecular formula is C13H18N4O4. The standard InChI is InChI=1S/C13H18N4O4/c14-3-1-5-16(6-2-4-15)12(18)9-17-7-8-21-10-11(17)13(19)20/h11H,1-2,5-10H2,(H,19,20). The fraction of sp³-hybridized carbons (Fsp3) is 0.692. The highest BCUT2D eigenvalue weighted by Crippen LogP contribution is 2.08. The molecule has 0 aromatic carbocycles. The number of nitrogens with zero attached hydrogens (tertiary/aromatic N) is 4. The van der Waals surface area contributed by atoms with Crippen LogP contribution in [0.25, 0.3) is 0 Å². The van der Waals surface area contributed by atoms with Crippen molar-refractivity contribution in [2.45, 2.75) is 18.9 Å². The molecule has 0 spiro atoms. The van der Waals surface area contributed by atoms with Gasteiger partial charge in [0.2, 0.25) is 5.91 Å². The minimum atomic E-state index is -1.02. The topological polar surface area (TPSA) is 118 Å². The van der Waals surface area contributed by atoms with E-state index < -0.39 is 12.0 Å². The largest absolute Gasteiger partial charge is 0.480 e. The molecule has 0 aliphatic carbocycles. The van der Waals surface area contributed by atoms with Crippen molar-refractivity contribution >= 4 is 11.9 Å². The molecule has 114 valence electrons. The first-order chi connectivity index (χ1) is 10.1. The molecule has 8 nitrogen and oxygen atoms in total. The van der Waals surface area contributed by atoms with Gasteiger partial charge >= 0.3 is 5.97 Å². The van der Waals surface area contributed by atoms with E-state index in [0.717, 1.165) is 0 Å². The van der Waals surface area contributed by atoms with Gasteiger partial charge in [0.15, 0.2) is 0 Å². The molecule has 1 fully saturated rings. The average Bonchev–Trinajstić information content (AvgIpc) is 2.47. The summed E-state index contributed by atoms with van der Waals surface area (Å²) in [6, 6.07) is 3.07. The van der Waals surface area contributed by atoms with Crippen molar-refractivity contribution in [3.05, 3.63) is 0 Å². The lowest BCUT2D eigenvalue weighted by Crippen LogP contribution is -2.53. The van der Waals surface area contributed by atoms with Crippen LogP contribution in [0.2, 0.25) is 0 Å². The maximum atomic E-state index is 12.2. The molecule has 8 heteroatoms. The quantitative estimate of drug-likeness (QED) is 0.667. The molecule has 1 saturated heterocycles. The van der Waals surface area contributed by atoms with E-state index in [9.17, 15) is 9.59 Å². The summed E-state index contributed by atoms with van der Waals surface area (Å²) in [4.78, 5) is 26.3. The lowest BCUT2D eigenvalue weighted by atomic mass is 10.2. The molecule has 21 heavy (non-hydrogen) atoms. The summed E-state index contributed by atoms with van der Waals surface area (Å²) in [7, 11) is 0. The van der Waals surface area contributed by atoms with Gasteiger partial charge in [0.1, 0.15) is 6.04 Å². The molecule has 0 bridgehead atoms. The highest BCUT2D eigenvalue weighted by molar-refractivity contribution is 5.80. The van der Waals surface area contributed by atoms with Gasteiger partial charge in [-0.3, -0.25) is 14.5 Å². The molecule has 1 heterocycles. The lowest BCUT2D eigenvalue weighted by molar-refractivity contribution is -0.151. The molecule has 0 saturated carbocycles. The average molecular weight is 294 g/mol. The number of hydrogen-bond acceptors (Lipinski definition) is 6. The van der Waals surface area contributed by atoms with Crippen LogP contribution in [0.5, 0.6) is 0 Å². The van der Waals surface area contributed by atoms with Crippen molar-refractivity contribution in [3.8, 4) is 12.1 Å². The van der Waals surface area contributed by atoms with Gasteiger partial charge < -0.3 is 14.7 Å². The fourth-order valence-electron chi connectivity index (χ4n) is 2.06. The molecular weight excluding hydrogens is 276 g/mol. The van der Waals surface area contributed by atoms with Crippen LogP contribution in [0.3, 0.4) is 0 Å². The third-order valence-corrected chi connectivity index (χ3v) is 3.20. The van der Waals surface area contributed by atoms with Gasteiger partial charge in [-0.25, -0.2) is 0 Å². The van der Waals surface area contributed by atoms with E-state index in [4.69, 9.17) is 20.4 Å². The molecule has 1 unspecified atom stereocenters. The van der Waals surface area contributed by atoms with Crippen molar-refractivity contribution in [2.24, 2.45) is 0 Å². The van der Waals surface area contributed by atoms with Crippen LogP contribution in [0, 0.1) is 22.7 Å². The number of nitriles is 2. The Labute approximate surface area is 123 Å². The summed E-state index contributed by atoms with van der Waals surface area (Å²) in [6.07, 6.45) is 0.366. The number of carboxylic acid groups (broad SMARTS) is 1. The van der Waals surface area contributed by atoms with Crippen molar-refractivity contribution < 1.29 is 19.4 Å². The van der Waals surface area contributed by atoms with Crippen LogP contribution in [-0.4, -0.2) is 72.2 Å². The summed E-state index contributed by atoms with van der Waals surface area (Å²) in [5.74, 6) is -1.29. The second kappa shape index (κ2) is 8.90. The first kappa shape index (κ1) is 16.9. The minimum Gasteiger partial charge on any atom is -0.480 e. The Bertz CT molecular complexity index is 436. The normalized spacial score (nSPS) is 18.5. The number of amides is 1. The zero-order chi connectivity index (χ0) is 15.7. The first-order valence-corrected chi connectivity index (χ1v) is 6.66. The van der Waals surface area contributed by atoms with Crippen molar-refractivity contribution in [1.82, 2.24) is 9.80 Å². The number of carbonyl (C=O) groups is 2. The molecule has 1 amide bonds. The number of morpholine rings is 1. The summed E-state index contributed by atoms with van der Waals surface area (Å²) < 4.78 is 5.11. The zero-order valence-corrected chi connectivity index (χ0v) is 11.7. The monoisotopic (exact) mass is 294 g/mol. The van der Waals surface area contributed by atoms with E-state index in [1.807, 2.05) is 12.1 Å². The molecule has 1 aliphatic heterocycles. The van der Waals surface area contributed by atoms with Crippen LogP contribution in [0.1, 0.15) is 12.8 Å². The smallest absolute Gasteiger partial charge is 0.323 e. The number of carbonyl (C=O) groups excluding carboxylic acids is 1. The van der Waals surface area contributed by atoms with Gasteiger partial charge in [-0.15, -0.1) is 0 Å². The molecule has 0 radical (unpaired) electrons. The summed E-state index contributed by atoms with van der Waals surface area (Å²) in [5, 5.41) is 26.3. The van der Waals surface area contributed by atoms with E-state index in [0.29, 0.717) is 13.2 Å². The maximum Gasteiger partial charge on any atom is 0.323 e. The van der Waals surface area contributed by atoms with Gasteiger partial charge in [0.05, 0.1) is 44.7 Å². The lowest BCUT2D eigenvalue weighted by Gasteiger charge is -2.33. The zero-order valence-electron chi connectivity index (χ0n) is 11.7. The number of aliphatic carboxylic acids is 1. The van der Waals surface area contributed by atoms with E-state index in [1.165, 1.54) is 4.90 Å². The third kappa shape index (κ3) is 5.38. The van der Waals surface area contributed by atoms with E-state index in [-0.39, 0.29) is 45.0 Å². The number of rotatable bonds is 7. The SMILES string of the molecule is N#CCCN(CCC#N)C(=O)CN1CCOCC1C(=O)O. The van der Waals surface area contributed by atoms with Crippen LogP contribution in [-0.2, 0) is 14.3 Å². The van der Waals surface area contributed by atoms with Crippen LogP contribution in [0.4, 0.5) is 0 Å². The van der Waals surface area contributed by atoms with E-state index in [2.05, 4.69) is 0 Å². The Morgan fingerprint density at radius 1 is 1.29 bits per heavy atom. The Hall–Kier alpha value is -2.16. The molecule has 0 aromatic rings. The highest BCUT2D eigenvalue weighted by Gasteiger charge is 2.31. The first-order valence-electron chi connectivity index (χ1n) is 6.66. The van der Waals surface area contributed by atoms with Gasteiger partial charge in [0, 0.05) is 19.6 Å². The molecule has 1 N–H and O–H groups in total. The summed E-state index contributed by atoms with van der Waals surface area (Å²) in [5.41, 5.74) is 0. The van der Waals surface area contributed by atoms with Crippen molar-refractivity contribution in [2.75, 3.05) is 39.4 Å². The highest BCUT2D eigenvalue weighted by atomic mass is 16.5. The Balaban J connectivity index is 2.63. The second-order valence-electron chi connectivity index (χ2n) is 4.60. The van der Waals surface area contributed by atoms with Crippen LogP contribution >= 0.6 is 0 Å². The maximum absolute atomic E-state index is 12.2. The Morgan fingerprint density at radius 3 is 2.43 bits per heavy atom. The number of carboxylic acids is 1. The summed E-state index contributed by atoms with van der Waals surface area (Å²) in [6.45, 7) is 1.26. The van der Waals surface area contributed by atoms with Gasteiger partial charge in [0.25, 0.3) is 0 Å². The van der Waals surface area contributed by atoms with Crippen LogP contribution < -0.4 is 0 Å². The van der Waals surface area contributed by atoms with Gasteiger partial charge in [-0.1, -0.05) is 0 Å².